The number of carbonyl (C=O) groups excluding carboxylic acids is 1. The van der Waals surface area contributed by atoms with Crippen LogP contribution >= 0.6 is 0 Å². The second-order valence-corrected chi connectivity index (χ2v) is 4.24. The third-order valence-corrected chi connectivity index (χ3v) is 3.07. The molecule has 0 saturated carbocycles. The van der Waals surface area contributed by atoms with E-state index in [-0.39, 0.29) is 5.91 Å². The fourth-order valence-electron chi connectivity index (χ4n) is 2.18. The quantitative estimate of drug-likeness (QED) is 0.722. The topological polar surface area (TPSA) is 20.3 Å². The first kappa shape index (κ1) is 10.2. The maximum atomic E-state index is 12.0. The second kappa shape index (κ2) is 4.47. The Labute approximate surface area is 90.9 Å². The lowest BCUT2D eigenvalue weighted by atomic mass is 10.1. The molecule has 2 nitrogen and oxygen atoms in total. The lowest BCUT2D eigenvalue weighted by Gasteiger charge is -2.21. The van der Waals surface area contributed by atoms with Gasteiger partial charge in [-0.2, -0.15) is 0 Å². The van der Waals surface area contributed by atoms with Crippen molar-refractivity contribution < 1.29 is 4.79 Å². The molecular weight excluding hydrogens is 186 g/mol. The zero-order valence-corrected chi connectivity index (χ0v) is 9.15. The van der Waals surface area contributed by atoms with E-state index in [1.54, 1.807) is 0 Å². The van der Waals surface area contributed by atoms with Gasteiger partial charge in [-0.25, -0.2) is 0 Å². The summed E-state index contributed by atoms with van der Waals surface area (Å²) in [7, 11) is 0. The van der Waals surface area contributed by atoms with Gasteiger partial charge in [0.15, 0.2) is 0 Å². The van der Waals surface area contributed by atoms with Crippen LogP contribution in [0.1, 0.15) is 25.3 Å². The third-order valence-electron chi connectivity index (χ3n) is 3.07. The summed E-state index contributed by atoms with van der Waals surface area (Å²) >= 11 is 0. The predicted octanol–water partition coefficient (Wildman–Crippen LogP) is 2.24. The number of nitrogens with zero attached hydrogens (tertiary/aromatic N) is 1. The van der Waals surface area contributed by atoms with Crippen molar-refractivity contribution in [2.45, 2.75) is 32.2 Å². The van der Waals surface area contributed by atoms with Crippen LogP contribution in [0, 0.1) is 0 Å². The Bertz CT molecular complexity index is 334. The van der Waals surface area contributed by atoms with E-state index in [2.05, 4.69) is 6.92 Å². The summed E-state index contributed by atoms with van der Waals surface area (Å²) in [4.78, 5) is 14.0. The molecule has 1 aromatic carbocycles. The van der Waals surface area contributed by atoms with Gasteiger partial charge in [-0.1, -0.05) is 30.3 Å². The summed E-state index contributed by atoms with van der Waals surface area (Å²) in [6.07, 6.45) is 2.85. The number of rotatable bonds is 2. The Morgan fingerprint density at radius 3 is 2.73 bits per heavy atom. The molecule has 80 valence electrons. The molecule has 0 radical (unpaired) electrons. The zero-order chi connectivity index (χ0) is 10.7. The molecule has 1 atom stereocenters. The van der Waals surface area contributed by atoms with E-state index in [1.165, 1.54) is 0 Å². The van der Waals surface area contributed by atoms with Crippen molar-refractivity contribution in [2.75, 3.05) is 6.54 Å². The Balaban J connectivity index is 1.98. The first-order valence-corrected chi connectivity index (χ1v) is 5.61. The molecule has 1 fully saturated rings. The van der Waals surface area contributed by atoms with Crippen LogP contribution in [0.2, 0.25) is 0 Å². The highest BCUT2D eigenvalue weighted by Gasteiger charge is 2.24. The van der Waals surface area contributed by atoms with E-state index in [9.17, 15) is 4.79 Å². The minimum Gasteiger partial charge on any atom is -0.340 e. The number of likely N-dealkylation sites (tertiary alicyclic amines) is 1. The maximum Gasteiger partial charge on any atom is 0.227 e. The summed E-state index contributed by atoms with van der Waals surface area (Å²) in [6.45, 7) is 3.07. The van der Waals surface area contributed by atoms with Crippen molar-refractivity contribution in [3.8, 4) is 0 Å². The van der Waals surface area contributed by atoms with Crippen LogP contribution in [0.25, 0.3) is 0 Å². The van der Waals surface area contributed by atoms with Gasteiger partial charge in [-0.05, 0) is 25.3 Å². The minimum absolute atomic E-state index is 0.270. The SMILES string of the molecule is C[C@H]1CCCN1C(=O)Cc1ccccc1. The lowest BCUT2D eigenvalue weighted by Crippen LogP contribution is -2.34. The molecule has 0 bridgehead atoms. The molecule has 2 rings (SSSR count). The van der Waals surface area contributed by atoms with Gasteiger partial charge in [0.2, 0.25) is 5.91 Å². The van der Waals surface area contributed by atoms with Gasteiger partial charge in [0.25, 0.3) is 0 Å². The number of carbonyl (C=O) groups is 1. The molecule has 1 aromatic rings. The standard InChI is InChI=1S/C13H17NO/c1-11-6-5-9-14(11)13(15)10-12-7-3-2-4-8-12/h2-4,7-8,11H,5-6,9-10H2,1H3/t11-/m0/s1. The summed E-state index contributed by atoms with van der Waals surface area (Å²) in [5, 5.41) is 0. The average Bonchev–Trinajstić information content (AvgIpc) is 2.66. The minimum atomic E-state index is 0.270. The van der Waals surface area contributed by atoms with Gasteiger partial charge in [0, 0.05) is 12.6 Å². The molecule has 0 spiro atoms. The van der Waals surface area contributed by atoms with Gasteiger partial charge in [-0.3, -0.25) is 4.79 Å². The molecule has 0 unspecified atom stereocenters. The van der Waals surface area contributed by atoms with E-state index in [0.29, 0.717) is 12.5 Å². The van der Waals surface area contributed by atoms with E-state index in [0.717, 1.165) is 24.9 Å². The average molecular weight is 203 g/mol. The van der Waals surface area contributed by atoms with Crippen LogP contribution in [-0.2, 0) is 11.2 Å². The van der Waals surface area contributed by atoms with Crippen molar-refractivity contribution in [1.82, 2.24) is 4.90 Å². The van der Waals surface area contributed by atoms with E-state index >= 15 is 0 Å². The molecule has 15 heavy (non-hydrogen) atoms. The maximum absolute atomic E-state index is 12.0. The first-order chi connectivity index (χ1) is 7.27. The van der Waals surface area contributed by atoms with Gasteiger partial charge >= 0.3 is 0 Å². The summed E-state index contributed by atoms with van der Waals surface area (Å²) < 4.78 is 0. The highest BCUT2D eigenvalue weighted by molar-refractivity contribution is 5.79. The highest BCUT2D eigenvalue weighted by Crippen LogP contribution is 2.17. The van der Waals surface area contributed by atoms with Crippen molar-refractivity contribution in [3.05, 3.63) is 35.9 Å². The van der Waals surface area contributed by atoms with Gasteiger partial charge in [-0.15, -0.1) is 0 Å². The third kappa shape index (κ3) is 2.38. The number of amides is 1. The summed E-state index contributed by atoms with van der Waals surface area (Å²) in [5.41, 5.74) is 1.11. The molecule has 1 aliphatic rings. The van der Waals surface area contributed by atoms with E-state index < -0.39 is 0 Å². The predicted molar refractivity (Wildman–Crippen MR) is 60.6 cm³/mol. The normalized spacial score (nSPS) is 20.6. The monoisotopic (exact) mass is 203 g/mol. The van der Waals surface area contributed by atoms with Crippen molar-refractivity contribution in [3.63, 3.8) is 0 Å². The van der Waals surface area contributed by atoms with Gasteiger partial charge in [0.05, 0.1) is 6.42 Å². The highest BCUT2D eigenvalue weighted by atomic mass is 16.2. The molecule has 2 heteroatoms. The Hall–Kier alpha value is -1.31. The molecule has 1 heterocycles. The molecule has 0 aliphatic carbocycles. The van der Waals surface area contributed by atoms with Crippen LogP contribution in [0.3, 0.4) is 0 Å². The number of hydrogen-bond acceptors (Lipinski definition) is 1. The van der Waals surface area contributed by atoms with Gasteiger partial charge in [0.1, 0.15) is 0 Å². The smallest absolute Gasteiger partial charge is 0.227 e. The van der Waals surface area contributed by atoms with Gasteiger partial charge < -0.3 is 4.90 Å². The number of benzene rings is 1. The van der Waals surface area contributed by atoms with Crippen LogP contribution in [0.4, 0.5) is 0 Å². The van der Waals surface area contributed by atoms with Crippen molar-refractivity contribution >= 4 is 5.91 Å². The zero-order valence-electron chi connectivity index (χ0n) is 9.15. The molecule has 1 aliphatic heterocycles. The fourth-order valence-corrected chi connectivity index (χ4v) is 2.18. The Morgan fingerprint density at radius 1 is 1.40 bits per heavy atom. The largest absolute Gasteiger partial charge is 0.340 e. The molecule has 1 saturated heterocycles. The molecule has 0 N–H and O–H groups in total. The Kier molecular flexibility index (Phi) is 3.05. The second-order valence-electron chi connectivity index (χ2n) is 4.24. The molecular formula is C13H17NO. The lowest BCUT2D eigenvalue weighted by molar-refractivity contribution is -0.130. The van der Waals surface area contributed by atoms with Crippen molar-refractivity contribution in [1.29, 1.82) is 0 Å². The number of hydrogen-bond donors (Lipinski definition) is 0. The fraction of sp³-hybridized carbons (Fsp3) is 0.462. The van der Waals surface area contributed by atoms with Crippen LogP contribution in [0.15, 0.2) is 30.3 Å². The summed E-state index contributed by atoms with van der Waals surface area (Å²) in [6, 6.07) is 10.4. The van der Waals surface area contributed by atoms with Crippen LogP contribution in [0.5, 0.6) is 0 Å². The Morgan fingerprint density at radius 2 is 2.13 bits per heavy atom. The van der Waals surface area contributed by atoms with Crippen molar-refractivity contribution in [2.24, 2.45) is 0 Å². The van der Waals surface area contributed by atoms with E-state index in [4.69, 9.17) is 0 Å². The molecule has 0 aromatic heterocycles. The van der Waals surface area contributed by atoms with E-state index in [1.807, 2.05) is 35.2 Å². The first-order valence-electron chi connectivity index (χ1n) is 5.61. The van der Waals surface area contributed by atoms with Crippen LogP contribution < -0.4 is 0 Å². The van der Waals surface area contributed by atoms with Crippen LogP contribution in [-0.4, -0.2) is 23.4 Å². The molecule has 1 amide bonds. The summed E-state index contributed by atoms with van der Waals surface area (Å²) in [5.74, 6) is 0.270.